The van der Waals surface area contributed by atoms with Gasteiger partial charge in [0, 0.05) is 19.6 Å². The zero-order valence-corrected chi connectivity index (χ0v) is 9.86. The van der Waals surface area contributed by atoms with Gasteiger partial charge < -0.3 is 15.4 Å². The molecule has 0 atom stereocenters. The van der Waals surface area contributed by atoms with Gasteiger partial charge in [-0.15, -0.1) is 0 Å². The van der Waals surface area contributed by atoms with Crippen LogP contribution < -0.4 is 5.73 Å². The number of hydrogen-bond donors (Lipinski definition) is 1. The van der Waals surface area contributed by atoms with Gasteiger partial charge in [-0.05, 0) is 24.6 Å². The molecule has 0 radical (unpaired) electrons. The van der Waals surface area contributed by atoms with Gasteiger partial charge in [-0.3, -0.25) is 0 Å². The molecule has 94 valence electrons. The standard InChI is InChI=1S/C12H17FN2O2/c1-2-17-12(16)15(8-7-14)9-10-3-5-11(13)6-4-10/h3-6H,2,7-9,14H2,1H3. The monoisotopic (exact) mass is 240 g/mol. The van der Waals surface area contributed by atoms with E-state index < -0.39 is 6.09 Å². The van der Waals surface area contributed by atoms with Gasteiger partial charge in [-0.25, -0.2) is 9.18 Å². The van der Waals surface area contributed by atoms with Crippen molar-refractivity contribution in [2.24, 2.45) is 5.73 Å². The lowest BCUT2D eigenvalue weighted by atomic mass is 10.2. The van der Waals surface area contributed by atoms with Gasteiger partial charge in [0.15, 0.2) is 0 Å². The smallest absolute Gasteiger partial charge is 0.410 e. The van der Waals surface area contributed by atoms with E-state index in [1.807, 2.05) is 0 Å². The number of hydrogen-bond acceptors (Lipinski definition) is 3. The number of nitrogens with two attached hydrogens (primary N) is 1. The van der Waals surface area contributed by atoms with Crippen LogP contribution in [-0.4, -0.2) is 30.7 Å². The lowest BCUT2D eigenvalue weighted by Crippen LogP contribution is -2.35. The zero-order chi connectivity index (χ0) is 12.7. The fraction of sp³-hybridized carbons (Fsp3) is 0.417. The van der Waals surface area contributed by atoms with Crippen LogP contribution in [0, 0.1) is 5.82 Å². The predicted octanol–water partition coefficient (Wildman–Crippen LogP) is 1.74. The average molecular weight is 240 g/mol. The molecule has 0 spiro atoms. The number of carbonyl (C=O) groups is 1. The van der Waals surface area contributed by atoms with Gasteiger partial charge in [0.05, 0.1) is 6.61 Å². The molecule has 2 N–H and O–H groups in total. The van der Waals surface area contributed by atoms with Crippen molar-refractivity contribution in [3.8, 4) is 0 Å². The Balaban J connectivity index is 2.65. The highest BCUT2D eigenvalue weighted by molar-refractivity contribution is 5.67. The minimum absolute atomic E-state index is 0.296. The van der Waals surface area contributed by atoms with E-state index >= 15 is 0 Å². The minimum atomic E-state index is -0.401. The van der Waals surface area contributed by atoms with Crippen LogP contribution in [0.2, 0.25) is 0 Å². The van der Waals surface area contributed by atoms with Crippen molar-refractivity contribution >= 4 is 6.09 Å². The molecule has 0 saturated carbocycles. The molecule has 1 rings (SSSR count). The topological polar surface area (TPSA) is 55.6 Å². The van der Waals surface area contributed by atoms with Crippen LogP contribution in [0.3, 0.4) is 0 Å². The molecule has 0 aromatic heterocycles. The summed E-state index contributed by atoms with van der Waals surface area (Å²) in [4.78, 5) is 13.1. The molecule has 0 bridgehead atoms. The summed E-state index contributed by atoms with van der Waals surface area (Å²) in [5, 5.41) is 0. The maximum absolute atomic E-state index is 12.7. The van der Waals surface area contributed by atoms with Crippen LogP contribution in [0.4, 0.5) is 9.18 Å². The van der Waals surface area contributed by atoms with Crippen LogP contribution in [0.1, 0.15) is 12.5 Å². The van der Waals surface area contributed by atoms with Gasteiger partial charge in [0.25, 0.3) is 0 Å². The van der Waals surface area contributed by atoms with Crippen molar-refractivity contribution in [2.45, 2.75) is 13.5 Å². The van der Waals surface area contributed by atoms with E-state index in [1.54, 1.807) is 19.1 Å². The molecule has 0 heterocycles. The highest BCUT2D eigenvalue weighted by atomic mass is 19.1. The molecule has 0 aliphatic rings. The quantitative estimate of drug-likeness (QED) is 0.853. The number of benzene rings is 1. The minimum Gasteiger partial charge on any atom is -0.450 e. The molecule has 1 aromatic carbocycles. The Hall–Kier alpha value is -1.62. The summed E-state index contributed by atoms with van der Waals surface area (Å²) in [5.74, 6) is -0.296. The largest absolute Gasteiger partial charge is 0.450 e. The van der Waals surface area contributed by atoms with Crippen molar-refractivity contribution in [1.82, 2.24) is 4.90 Å². The van der Waals surface area contributed by atoms with E-state index in [-0.39, 0.29) is 5.82 Å². The first-order valence-electron chi connectivity index (χ1n) is 5.53. The van der Waals surface area contributed by atoms with Crippen molar-refractivity contribution < 1.29 is 13.9 Å². The molecule has 1 aromatic rings. The highest BCUT2D eigenvalue weighted by Crippen LogP contribution is 2.07. The molecule has 17 heavy (non-hydrogen) atoms. The van der Waals surface area contributed by atoms with Gasteiger partial charge in [-0.2, -0.15) is 0 Å². The maximum atomic E-state index is 12.7. The van der Waals surface area contributed by atoms with E-state index in [2.05, 4.69) is 0 Å². The third-order valence-electron chi connectivity index (χ3n) is 2.21. The van der Waals surface area contributed by atoms with E-state index in [4.69, 9.17) is 10.5 Å². The molecule has 0 aliphatic carbocycles. The predicted molar refractivity (Wildman–Crippen MR) is 62.9 cm³/mol. The summed E-state index contributed by atoms with van der Waals surface area (Å²) in [6.45, 7) is 3.21. The van der Waals surface area contributed by atoms with E-state index in [1.165, 1.54) is 17.0 Å². The first kappa shape index (κ1) is 13.4. The highest BCUT2D eigenvalue weighted by Gasteiger charge is 2.13. The lowest BCUT2D eigenvalue weighted by Gasteiger charge is -2.21. The molecule has 0 aliphatic heterocycles. The molecular formula is C12H17FN2O2. The Bertz CT molecular complexity index is 354. The molecule has 0 saturated heterocycles. The second-order valence-electron chi connectivity index (χ2n) is 3.54. The van der Waals surface area contributed by atoms with E-state index in [9.17, 15) is 9.18 Å². The molecule has 0 unspecified atom stereocenters. The number of carbonyl (C=O) groups excluding carboxylic acids is 1. The van der Waals surface area contributed by atoms with Crippen molar-refractivity contribution in [1.29, 1.82) is 0 Å². The number of nitrogens with zero attached hydrogens (tertiary/aromatic N) is 1. The SMILES string of the molecule is CCOC(=O)N(CCN)Cc1ccc(F)cc1. The van der Waals surface area contributed by atoms with Gasteiger partial charge in [-0.1, -0.05) is 12.1 Å². The summed E-state index contributed by atoms with van der Waals surface area (Å²) >= 11 is 0. The molecule has 1 amide bonds. The van der Waals surface area contributed by atoms with Crippen molar-refractivity contribution in [2.75, 3.05) is 19.7 Å². The molecule has 4 nitrogen and oxygen atoms in total. The first-order valence-corrected chi connectivity index (χ1v) is 5.53. The third-order valence-corrected chi connectivity index (χ3v) is 2.21. The summed E-state index contributed by atoms with van der Waals surface area (Å²) in [6.07, 6.45) is -0.401. The number of halogens is 1. The first-order chi connectivity index (χ1) is 8.17. The average Bonchev–Trinajstić information content (AvgIpc) is 2.31. The Labute approximate surface area is 100 Å². The fourth-order valence-corrected chi connectivity index (χ4v) is 1.42. The van der Waals surface area contributed by atoms with Crippen LogP contribution in [0.25, 0.3) is 0 Å². The lowest BCUT2D eigenvalue weighted by molar-refractivity contribution is 0.106. The summed E-state index contributed by atoms with van der Waals surface area (Å²) in [7, 11) is 0. The third kappa shape index (κ3) is 4.40. The molecular weight excluding hydrogens is 223 g/mol. The van der Waals surface area contributed by atoms with E-state index in [0.717, 1.165) is 5.56 Å². The van der Waals surface area contributed by atoms with Crippen molar-refractivity contribution in [3.05, 3.63) is 35.6 Å². The van der Waals surface area contributed by atoms with Crippen molar-refractivity contribution in [3.63, 3.8) is 0 Å². The maximum Gasteiger partial charge on any atom is 0.410 e. The summed E-state index contributed by atoms with van der Waals surface area (Å²) < 4.78 is 17.6. The Kier molecular flexibility index (Phi) is 5.42. The molecule has 0 fully saturated rings. The number of rotatable bonds is 5. The second-order valence-corrected chi connectivity index (χ2v) is 3.54. The number of amides is 1. The Morgan fingerprint density at radius 2 is 2.06 bits per heavy atom. The second kappa shape index (κ2) is 6.85. The normalized spacial score (nSPS) is 10.1. The van der Waals surface area contributed by atoms with Crippen LogP contribution >= 0.6 is 0 Å². The molecule has 5 heteroatoms. The van der Waals surface area contributed by atoms with Crippen LogP contribution in [0.15, 0.2) is 24.3 Å². The summed E-state index contributed by atoms with van der Waals surface area (Å²) in [6, 6.07) is 6.00. The van der Waals surface area contributed by atoms with Crippen LogP contribution in [0.5, 0.6) is 0 Å². The fourth-order valence-electron chi connectivity index (χ4n) is 1.42. The van der Waals surface area contributed by atoms with Crippen LogP contribution in [-0.2, 0) is 11.3 Å². The van der Waals surface area contributed by atoms with E-state index in [0.29, 0.717) is 26.2 Å². The van der Waals surface area contributed by atoms with Gasteiger partial charge in [0.1, 0.15) is 5.82 Å². The summed E-state index contributed by atoms with van der Waals surface area (Å²) in [5.41, 5.74) is 6.27. The zero-order valence-electron chi connectivity index (χ0n) is 9.86. The van der Waals surface area contributed by atoms with Gasteiger partial charge >= 0.3 is 6.09 Å². The Morgan fingerprint density at radius 3 is 2.59 bits per heavy atom. The number of ether oxygens (including phenoxy) is 1. The van der Waals surface area contributed by atoms with Gasteiger partial charge in [0.2, 0.25) is 0 Å². The Morgan fingerprint density at radius 1 is 1.41 bits per heavy atom.